The van der Waals surface area contributed by atoms with Gasteiger partial charge in [0.25, 0.3) is 0 Å². The number of methoxy groups -OCH3 is 2. The highest BCUT2D eigenvalue weighted by Crippen LogP contribution is 2.66. The first-order valence-electron chi connectivity index (χ1n) is 25.6. The largest absolute Gasteiger partial charge is 0.387 e. The first-order chi connectivity index (χ1) is 31.0. The maximum absolute atomic E-state index is 13.3. The molecular weight excluding hydrogens is 860 g/mol. The zero-order valence-corrected chi connectivity index (χ0v) is 41.2. The molecule has 0 saturated heterocycles. The molecule has 8 aliphatic rings. The van der Waals surface area contributed by atoms with Gasteiger partial charge < -0.3 is 30.7 Å². The van der Waals surface area contributed by atoms with E-state index in [1.807, 2.05) is 44.2 Å². The number of nitrogens with two attached hydrogens (primary N) is 1. The Kier molecular flexibility index (Phi) is 17.5. The number of nitrogens with one attached hydrogen (secondary N) is 1. The van der Waals surface area contributed by atoms with Gasteiger partial charge in [0.2, 0.25) is 11.8 Å². The minimum Gasteiger partial charge on any atom is -0.387 e. The standard InChI is InChI=1S/C27H40N2O3.C21H35NO3.C6H6ClN.2CH4/c1-17-5-4-6-24(28-17)29-25(30)23-10-9-22-21-8-7-18-15-27(31,16-32-3)14-12-19(18)20(21)11-13-26(22,23)2;1-20-9-7-15-14-8-10-21(24,12-25-2)11-13(14)3-4-16(15)17(20)5-6-18(20)19(22)23;1-5-3-2-4-6(7)8-5;;/h4-6,18-23,31H,7-16H2,1-3H3,(H,28,29,30);13-18,24H,3-12H2,1-2H3,(H2,22,23);2-4H,1H3;2*1H4/t18-,19-,20+,21+,22-,23+,26-,27+;13-,14-,15+,16+,17-,18+,20-,21+;;;/m00.../s1. The number of ether oxygens (including phenoxy) is 2. The third-order valence-electron chi connectivity index (χ3n) is 19.7. The number of pyridine rings is 2. The average molecular weight is 950 g/mol. The number of aryl methyl sites for hydroxylation is 2. The zero-order chi connectivity index (χ0) is 46.3. The number of rotatable bonds is 7. The molecule has 2 amide bonds. The van der Waals surface area contributed by atoms with E-state index in [0.29, 0.717) is 47.9 Å². The van der Waals surface area contributed by atoms with Crippen LogP contribution in [0.4, 0.5) is 5.82 Å². The van der Waals surface area contributed by atoms with Gasteiger partial charge in [-0.25, -0.2) is 9.97 Å². The molecule has 8 aliphatic carbocycles. The molecule has 2 aromatic heterocycles. The minimum atomic E-state index is -0.619. The van der Waals surface area contributed by atoms with E-state index < -0.39 is 11.2 Å². The van der Waals surface area contributed by atoms with Crippen LogP contribution in [-0.2, 0) is 19.1 Å². The Labute approximate surface area is 409 Å². The maximum Gasteiger partial charge on any atom is 0.229 e. The number of halogens is 1. The lowest BCUT2D eigenvalue weighted by atomic mass is 9.49. The van der Waals surface area contributed by atoms with E-state index in [1.54, 1.807) is 20.3 Å². The summed E-state index contributed by atoms with van der Waals surface area (Å²) in [6, 6.07) is 11.4. The summed E-state index contributed by atoms with van der Waals surface area (Å²) in [4.78, 5) is 33.7. The van der Waals surface area contributed by atoms with Gasteiger partial charge in [-0.05, 0) is 224 Å². The highest BCUT2D eigenvalue weighted by atomic mass is 35.5. The number of hydrogen-bond donors (Lipinski definition) is 4. The Bertz CT molecular complexity index is 1970. The van der Waals surface area contributed by atoms with Crippen LogP contribution in [0.1, 0.15) is 156 Å². The molecule has 376 valence electrons. The summed E-state index contributed by atoms with van der Waals surface area (Å²) in [7, 11) is 3.39. The number of aliphatic hydroxyl groups is 2. The number of carbonyl (C=O) groups excluding carboxylic acids is 2. The van der Waals surface area contributed by atoms with Crippen molar-refractivity contribution in [2.24, 2.45) is 87.6 Å². The van der Waals surface area contributed by atoms with Crippen LogP contribution in [0.2, 0.25) is 5.15 Å². The molecule has 8 saturated carbocycles. The normalized spacial score (nSPS) is 41.1. The van der Waals surface area contributed by atoms with Crippen molar-refractivity contribution in [3.63, 3.8) is 0 Å². The van der Waals surface area contributed by atoms with Gasteiger partial charge in [0.05, 0.1) is 24.4 Å². The number of carbonyl (C=O) groups is 2. The molecule has 0 spiro atoms. The van der Waals surface area contributed by atoms with E-state index in [9.17, 15) is 19.8 Å². The predicted molar refractivity (Wildman–Crippen MR) is 269 cm³/mol. The molecular formula is C56H89ClN4O6. The second-order valence-corrected chi connectivity index (χ2v) is 23.6. The van der Waals surface area contributed by atoms with Gasteiger partial charge in [0.1, 0.15) is 11.0 Å². The van der Waals surface area contributed by atoms with Crippen molar-refractivity contribution in [2.75, 3.05) is 32.8 Å². The zero-order valence-electron chi connectivity index (χ0n) is 40.4. The van der Waals surface area contributed by atoms with Crippen molar-refractivity contribution in [1.29, 1.82) is 0 Å². The molecule has 0 radical (unpaired) electrons. The van der Waals surface area contributed by atoms with Crippen molar-refractivity contribution >= 4 is 29.2 Å². The lowest BCUT2D eigenvalue weighted by molar-refractivity contribution is -0.135. The molecule has 11 heteroatoms. The minimum absolute atomic E-state index is 0. The SMILES string of the molecule is C.C.COC[C@@]1(O)CC[C@H]2[C@@H](CC[C@@H]3[C@@H]2CC[C@]2(C)[C@@H](C(=O)Nc4cccc(C)n4)CC[C@@H]32)C1.COC[C@@]1(O)CC[C@H]2[C@@H](CC[C@@H]3[C@@H]2CC[C@]2(C)[C@@H](C(N)=O)CC[C@@H]32)C1.Cc1cccc(Cl)n1. The molecule has 0 bridgehead atoms. The van der Waals surface area contributed by atoms with Gasteiger partial charge in [-0.1, -0.05) is 52.4 Å². The molecule has 10 nitrogen and oxygen atoms in total. The Hall–Kier alpha value is -2.63. The Morgan fingerprint density at radius 1 is 0.642 bits per heavy atom. The van der Waals surface area contributed by atoms with Gasteiger partial charge in [-0.2, -0.15) is 0 Å². The fourth-order valence-electron chi connectivity index (χ4n) is 17.0. The Balaban J connectivity index is 0.000000188. The van der Waals surface area contributed by atoms with Crippen LogP contribution in [0, 0.1) is 95.7 Å². The van der Waals surface area contributed by atoms with E-state index in [4.69, 9.17) is 26.8 Å². The van der Waals surface area contributed by atoms with Crippen molar-refractivity contribution in [3.8, 4) is 0 Å². The van der Waals surface area contributed by atoms with E-state index in [-0.39, 0.29) is 49.3 Å². The predicted octanol–water partition coefficient (Wildman–Crippen LogP) is 11.4. The summed E-state index contributed by atoms with van der Waals surface area (Å²) < 4.78 is 10.6. The monoisotopic (exact) mass is 949 g/mol. The molecule has 0 unspecified atom stereocenters. The van der Waals surface area contributed by atoms with Gasteiger partial charge in [-0.3, -0.25) is 9.59 Å². The second-order valence-electron chi connectivity index (χ2n) is 23.2. The van der Waals surface area contributed by atoms with Gasteiger partial charge in [-0.15, -0.1) is 0 Å². The number of primary amides is 1. The lowest BCUT2D eigenvalue weighted by Gasteiger charge is -2.57. The van der Waals surface area contributed by atoms with Crippen LogP contribution in [0.5, 0.6) is 0 Å². The molecule has 8 fully saturated rings. The topological polar surface area (TPSA) is 157 Å². The summed E-state index contributed by atoms with van der Waals surface area (Å²) in [6.07, 6.45) is 20.1. The number of hydrogen-bond acceptors (Lipinski definition) is 8. The van der Waals surface area contributed by atoms with Crippen molar-refractivity contribution < 1.29 is 29.3 Å². The fourth-order valence-corrected chi connectivity index (χ4v) is 17.2. The Morgan fingerprint density at radius 2 is 1.10 bits per heavy atom. The number of fused-ring (bicyclic) bond motifs is 10. The lowest BCUT2D eigenvalue weighted by Crippen LogP contribution is -2.52. The van der Waals surface area contributed by atoms with E-state index in [2.05, 4.69) is 29.1 Å². The quantitative estimate of drug-likeness (QED) is 0.200. The summed E-state index contributed by atoms with van der Waals surface area (Å²) in [5.41, 5.74) is 6.66. The molecule has 10 rings (SSSR count). The third-order valence-corrected chi connectivity index (χ3v) is 19.9. The third kappa shape index (κ3) is 11.0. The van der Waals surface area contributed by atoms with Crippen molar-refractivity contribution in [1.82, 2.24) is 9.97 Å². The summed E-state index contributed by atoms with van der Waals surface area (Å²) in [6.45, 7) is 9.57. The molecule has 2 heterocycles. The summed E-state index contributed by atoms with van der Waals surface area (Å²) in [5, 5.41) is 25.5. The molecule has 0 aliphatic heterocycles. The van der Waals surface area contributed by atoms with Crippen LogP contribution < -0.4 is 11.1 Å². The van der Waals surface area contributed by atoms with Crippen molar-refractivity contribution in [2.45, 2.75) is 169 Å². The summed E-state index contributed by atoms with van der Waals surface area (Å²) >= 11 is 5.53. The molecule has 2 aromatic rings. The number of aromatic nitrogens is 2. The number of anilines is 1. The van der Waals surface area contributed by atoms with E-state index >= 15 is 0 Å². The highest BCUT2D eigenvalue weighted by molar-refractivity contribution is 6.29. The molecule has 67 heavy (non-hydrogen) atoms. The molecule has 0 aromatic carbocycles. The summed E-state index contributed by atoms with van der Waals surface area (Å²) in [5.74, 6) is 8.23. The van der Waals surface area contributed by atoms with Gasteiger partial charge >= 0.3 is 0 Å². The fraction of sp³-hybridized carbons (Fsp3) is 0.786. The van der Waals surface area contributed by atoms with Gasteiger partial charge in [0, 0.05) is 37.4 Å². The molecule has 16 atom stereocenters. The second kappa shape index (κ2) is 21.8. The Morgan fingerprint density at radius 3 is 1.55 bits per heavy atom. The van der Waals surface area contributed by atoms with Crippen LogP contribution in [0.3, 0.4) is 0 Å². The number of nitrogens with zero attached hydrogens (tertiary/aromatic N) is 2. The smallest absolute Gasteiger partial charge is 0.229 e. The first kappa shape index (κ1) is 53.7. The highest BCUT2D eigenvalue weighted by Gasteiger charge is 2.61. The van der Waals surface area contributed by atoms with Crippen molar-refractivity contribution in [3.05, 3.63) is 52.9 Å². The number of amides is 2. The van der Waals surface area contributed by atoms with Crippen LogP contribution in [-0.4, -0.2) is 70.6 Å². The van der Waals surface area contributed by atoms with Gasteiger partial charge in [0.15, 0.2) is 0 Å². The van der Waals surface area contributed by atoms with Crippen LogP contribution in [0.25, 0.3) is 0 Å². The first-order valence-corrected chi connectivity index (χ1v) is 25.9. The van der Waals surface area contributed by atoms with Crippen LogP contribution in [0.15, 0.2) is 36.4 Å². The van der Waals surface area contributed by atoms with E-state index in [1.165, 1.54) is 51.4 Å². The van der Waals surface area contributed by atoms with Crippen LogP contribution >= 0.6 is 11.6 Å². The maximum atomic E-state index is 13.3. The van der Waals surface area contributed by atoms with E-state index in [0.717, 1.165) is 111 Å². The molecule has 5 N–H and O–H groups in total. The average Bonchev–Trinajstić information content (AvgIpc) is 3.81.